The molecular weight excluding hydrogens is 199 g/mol. The molecule has 0 spiro atoms. The van der Waals surface area contributed by atoms with E-state index in [4.69, 9.17) is 23.2 Å². The summed E-state index contributed by atoms with van der Waals surface area (Å²) >= 11 is 13.5. The van der Waals surface area contributed by atoms with Gasteiger partial charge in [-0.15, -0.1) is 22.9 Å². The third kappa shape index (κ3) is 2.36. The van der Waals surface area contributed by atoms with Gasteiger partial charge in [0.25, 0.3) is 0 Å². The van der Waals surface area contributed by atoms with Crippen LogP contribution in [0.2, 0.25) is 4.34 Å². The first-order valence-corrected chi connectivity index (χ1v) is 5.32. The van der Waals surface area contributed by atoms with Crippen molar-refractivity contribution in [3.8, 4) is 0 Å². The summed E-state index contributed by atoms with van der Waals surface area (Å²) in [5.74, 6) is 0. The number of thiophene rings is 1. The fourth-order valence-corrected chi connectivity index (χ4v) is 2.49. The number of halogens is 2. The van der Waals surface area contributed by atoms with Crippen molar-refractivity contribution < 1.29 is 0 Å². The molecule has 1 aromatic heterocycles. The van der Waals surface area contributed by atoms with Gasteiger partial charge in [0, 0.05) is 0 Å². The molecule has 0 nitrogen and oxygen atoms in total. The SMILES string of the molecule is CCCC(Cl)c1ccsc1Cl. The van der Waals surface area contributed by atoms with Gasteiger partial charge >= 0.3 is 0 Å². The van der Waals surface area contributed by atoms with Crippen LogP contribution in [0.1, 0.15) is 30.7 Å². The normalized spacial score (nSPS) is 13.4. The minimum absolute atomic E-state index is 0.0961. The molecule has 11 heavy (non-hydrogen) atoms. The number of hydrogen-bond acceptors (Lipinski definition) is 1. The molecule has 0 aromatic carbocycles. The lowest BCUT2D eigenvalue weighted by atomic mass is 10.1. The van der Waals surface area contributed by atoms with E-state index in [1.54, 1.807) is 0 Å². The summed E-state index contributed by atoms with van der Waals surface area (Å²) in [6.45, 7) is 2.12. The molecule has 0 aliphatic carbocycles. The standard InChI is InChI=1S/C8H10Cl2S/c1-2-3-7(9)6-4-5-11-8(6)10/h4-5,7H,2-3H2,1H3. The summed E-state index contributed by atoms with van der Waals surface area (Å²) in [6, 6.07) is 2.00. The quantitative estimate of drug-likeness (QED) is 0.643. The van der Waals surface area contributed by atoms with Crippen LogP contribution >= 0.6 is 34.5 Å². The largest absolute Gasteiger partial charge is 0.132 e. The van der Waals surface area contributed by atoms with Crippen molar-refractivity contribution in [1.82, 2.24) is 0 Å². The van der Waals surface area contributed by atoms with Crippen LogP contribution < -0.4 is 0 Å². The van der Waals surface area contributed by atoms with E-state index in [1.165, 1.54) is 11.3 Å². The van der Waals surface area contributed by atoms with Gasteiger partial charge in [0.15, 0.2) is 0 Å². The van der Waals surface area contributed by atoms with Crippen LogP contribution in [0.3, 0.4) is 0 Å². The molecule has 1 aromatic rings. The van der Waals surface area contributed by atoms with Gasteiger partial charge in [0.05, 0.1) is 9.71 Å². The maximum absolute atomic E-state index is 6.08. The Morgan fingerprint density at radius 3 is 2.82 bits per heavy atom. The highest BCUT2D eigenvalue weighted by molar-refractivity contribution is 7.14. The zero-order chi connectivity index (χ0) is 8.27. The summed E-state index contributed by atoms with van der Waals surface area (Å²) in [7, 11) is 0. The Hall–Kier alpha value is 0.280. The maximum Gasteiger partial charge on any atom is 0.0975 e. The number of alkyl halides is 1. The molecule has 0 radical (unpaired) electrons. The fourth-order valence-electron chi connectivity index (χ4n) is 0.937. The zero-order valence-electron chi connectivity index (χ0n) is 6.31. The molecule has 0 bridgehead atoms. The number of rotatable bonds is 3. The second-order valence-corrected chi connectivity index (χ2v) is 4.45. The Labute approximate surface area is 81.1 Å². The lowest BCUT2D eigenvalue weighted by Gasteiger charge is -2.05. The molecule has 0 saturated heterocycles. The highest BCUT2D eigenvalue weighted by Gasteiger charge is 2.10. The molecule has 62 valence electrons. The Balaban J connectivity index is 2.67. The van der Waals surface area contributed by atoms with E-state index in [0.29, 0.717) is 0 Å². The van der Waals surface area contributed by atoms with Gasteiger partial charge in [-0.3, -0.25) is 0 Å². The van der Waals surface area contributed by atoms with E-state index in [9.17, 15) is 0 Å². The average Bonchev–Trinajstić information content (AvgIpc) is 2.36. The van der Waals surface area contributed by atoms with Gasteiger partial charge in [-0.25, -0.2) is 0 Å². The van der Waals surface area contributed by atoms with Gasteiger partial charge in [0.1, 0.15) is 0 Å². The highest BCUT2D eigenvalue weighted by Crippen LogP contribution is 2.34. The molecule has 0 amide bonds. The predicted molar refractivity (Wildman–Crippen MR) is 52.8 cm³/mol. The number of hydrogen-bond donors (Lipinski definition) is 0. The van der Waals surface area contributed by atoms with Crippen LogP contribution in [-0.4, -0.2) is 0 Å². The molecular formula is C8H10Cl2S. The second kappa shape index (κ2) is 4.34. The molecule has 1 unspecified atom stereocenters. The van der Waals surface area contributed by atoms with Crippen molar-refractivity contribution in [2.45, 2.75) is 25.1 Å². The van der Waals surface area contributed by atoms with Crippen LogP contribution in [0, 0.1) is 0 Å². The van der Waals surface area contributed by atoms with Crippen molar-refractivity contribution in [1.29, 1.82) is 0 Å². The maximum atomic E-state index is 6.08. The van der Waals surface area contributed by atoms with Crippen molar-refractivity contribution in [3.63, 3.8) is 0 Å². The smallest absolute Gasteiger partial charge is 0.0975 e. The topological polar surface area (TPSA) is 0 Å². The second-order valence-electron chi connectivity index (χ2n) is 2.41. The molecule has 0 aliphatic rings. The Morgan fingerprint density at radius 1 is 1.64 bits per heavy atom. The summed E-state index contributed by atoms with van der Waals surface area (Å²) in [5.41, 5.74) is 1.08. The first-order chi connectivity index (χ1) is 5.25. The summed E-state index contributed by atoms with van der Waals surface area (Å²) in [4.78, 5) is 0. The van der Waals surface area contributed by atoms with Crippen molar-refractivity contribution in [2.24, 2.45) is 0 Å². The van der Waals surface area contributed by atoms with Crippen LogP contribution in [-0.2, 0) is 0 Å². The van der Waals surface area contributed by atoms with E-state index in [1.807, 2.05) is 11.4 Å². The summed E-state index contributed by atoms with van der Waals surface area (Å²) < 4.78 is 0.832. The van der Waals surface area contributed by atoms with E-state index in [-0.39, 0.29) is 5.38 Å². The lowest BCUT2D eigenvalue weighted by Crippen LogP contribution is -1.86. The van der Waals surface area contributed by atoms with Gasteiger partial charge in [0.2, 0.25) is 0 Å². The molecule has 0 aliphatic heterocycles. The molecule has 0 saturated carbocycles. The monoisotopic (exact) mass is 208 g/mol. The summed E-state index contributed by atoms with van der Waals surface area (Å²) in [5, 5.41) is 2.07. The van der Waals surface area contributed by atoms with Crippen LogP contribution in [0.5, 0.6) is 0 Å². The molecule has 3 heteroatoms. The minimum Gasteiger partial charge on any atom is -0.132 e. The third-order valence-electron chi connectivity index (χ3n) is 1.53. The molecule has 0 N–H and O–H groups in total. The van der Waals surface area contributed by atoms with Crippen molar-refractivity contribution >= 4 is 34.5 Å². The first-order valence-electron chi connectivity index (χ1n) is 3.62. The molecule has 1 heterocycles. The molecule has 0 fully saturated rings. The Morgan fingerprint density at radius 2 is 2.36 bits per heavy atom. The van der Waals surface area contributed by atoms with Gasteiger partial charge < -0.3 is 0 Å². The van der Waals surface area contributed by atoms with Gasteiger partial charge in [-0.2, -0.15) is 0 Å². The fraction of sp³-hybridized carbons (Fsp3) is 0.500. The first kappa shape index (κ1) is 9.37. The lowest BCUT2D eigenvalue weighted by molar-refractivity contribution is 0.773. The van der Waals surface area contributed by atoms with Gasteiger partial charge in [-0.1, -0.05) is 24.9 Å². The average molecular weight is 209 g/mol. The Bertz CT molecular complexity index is 220. The van der Waals surface area contributed by atoms with Crippen LogP contribution in [0.25, 0.3) is 0 Å². The van der Waals surface area contributed by atoms with E-state index < -0.39 is 0 Å². The van der Waals surface area contributed by atoms with E-state index >= 15 is 0 Å². The predicted octanol–water partition coefficient (Wildman–Crippen LogP) is 4.48. The van der Waals surface area contributed by atoms with Crippen molar-refractivity contribution in [3.05, 3.63) is 21.3 Å². The third-order valence-corrected chi connectivity index (χ3v) is 3.18. The molecule has 1 rings (SSSR count). The summed E-state index contributed by atoms with van der Waals surface area (Å²) in [6.07, 6.45) is 2.10. The van der Waals surface area contributed by atoms with Crippen LogP contribution in [0.4, 0.5) is 0 Å². The molecule has 1 atom stereocenters. The van der Waals surface area contributed by atoms with Gasteiger partial charge in [-0.05, 0) is 23.4 Å². The van der Waals surface area contributed by atoms with E-state index in [2.05, 4.69) is 6.92 Å². The Kier molecular flexibility index (Phi) is 3.70. The van der Waals surface area contributed by atoms with Crippen molar-refractivity contribution in [2.75, 3.05) is 0 Å². The highest BCUT2D eigenvalue weighted by atomic mass is 35.5. The van der Waals surface area contributed by atoms with E-state index in [0.717, 1.165) is 22.7 Å². The minimum atomic E-state index is 0.0961. The zero-order valence-corrected chi connectivity index (χ0v) is 8.64. The van der Waals surface area contributed by atoms with Crippen LogP contribution in [0.15, 0.2) is 11.4 Å².